The van der Waals surface area contributed by atoms with Gasteiger partial charge in [0.2, 0.25) is 0 Å². The molecule has 82 valence electrons. The van der Waals surface area contributed by atoms with E-state index in [-0.39, 0.29) is 6.61 Å². The molecule has 5 heteroatoms. The third-order valence-corrected chi connectivity index (χ3v) is 2.70. The maximum absolute atomic E-state index is 10.5. The van der Waals surface area contributed by atoms with Gasteiger partial charge in [-0.2, -0.15) is 0 Å². The molecule has 1 unspecified atom stereocenters. The number of hydrogen-bond acceptors (Lipinski definition) is 2. The normalized spacial score (nSPS) is 12.5. The quantitative estimate of drug-likeness (QED) is 0.928. The minimum atomic E-state index is -0.983. The monoisotopic (exact) mass is 292 g/mol. The zero-order valence-corrected chi connectivity index (χ0v) is 10.4. The topological polar surface area (TPSA) is 46.5 Å². The summed E-state index contributed by atoms with van der Waals surface area (Å²) in [7, 11) is 0. The van der Waals surface area contributed by atoms with Crippen molar-refractivity contribution in [2.24, 2.45) is 0 Å². The van der Waals surface area contributed by atoms with Gasteiger partial charge in [0.15, 0.2) is 6.10 Å². The van der Waals surface area contributed by atoms with Crippen molar-refractivity contribution in [1.29, 1.82) is 0 Å². The van der Waals surface area contributed by atoms with Crippen LogP contribution < -0.4 is 0 Å². The van der Waals surface area contributed by atoms with Crippen LogP contribution in [0.25, 0.3) is 0 Å². The summed E-state index contributed by atoms with van der Waals surface area (Å²) in [6, 6.07) is 5.36. The smallest absolute Gasteiger partial charge is 0.332 e. The van der Waals surface area contributed by atoms with Crippen molar-refractivity contribution in [1.82, 2.24) is 0 Å². The molecule has 0 bridgehead atoms. The molecule has 1 atom stereocenters. The summed E-state index contributed by atoms with van der Waals surface area (Å²) < 4.78 is 5.99. The molecule has 1 N–H and O–H groups in total. The van der Waals surface area contributed by atoms with Gasteiger partial charge in [-0.1, -0.05) is 33.6 Å². The summed E-state index contributed by atoms with van der Waals surface area (Å²) in [5, 5.41) is 9.17. The first-order chi connectivity index (χ1) is 7.00. The molecule has 15 heavy (non-hydrogen) atoms. The highest BCUT2D eigenvalue weighted by molar-refractivity contribution is 9.10. The van der Waals surface area contributed by atoms with Crippen molar-refractivity contribution in [3.8, 4) is 0 Å². The van der Waals surface area contributed by atoms with Crippen molar-refractivity contribution in [2.75, 3.05) is 0 Å². The lowest BCUT2D eigenvalue weighted by Gasteiger charge is -2.09. The maximum atomic E-state index is 10.5. The average Bonchev–Trinajstić information content (AvgIpc) is 2.15. The van der Waals surface area contributed by atoms with E-state index in [9.17, 15) is 4.79 Å². The van der Waals surface area contributed by atoms with Crippen LogP contribution in [0.1, 0.15) is 12.5 Å². The van der Waals surface area contributed by atoms with Gasteiger partial charge in [-0.25, -0.2) is 4.79 Å². The Morgan fingerprint density at radius 1 is 1.67 bits per heavy atom. The fraction of sp³-hybridized carbons (Fsp3) is 0.300. The van der Waals surface area contributed by atoms with Crippen LogP contribution in [0.15, 0.2) is 22.7 Å². The van der Waals surface area contributed by atoms with E-state index in [1.807, 2.05) is 6.07 Å². The lowest BCUT2D eigenvalue weighted by Crippen LogP contribution is -2.19. The maximum Gasteiger partial charge on any atom is 0.332 e. The number of ether oxygens (including phenoxy) is 1. The molecule has 3 nitrogen and oxygen atoms in total. The standard InChI is InChI=1S/C10H10BrClO3/c1-6(10(13)14)15-5-7-2-3-8(11)4-9(7)12/h2-4,6H,5H2,1H3,(H,13,14). The molecule has 0 aromatic heterocycles. The summed E-state index contributed by atoms with van der Waals surface area (Å²) in [4.78, 5) is 10.5. The second-order valence-electron chi connectivity index (χ2n) is 3.03. The molecule has 0 heterocycles. The molecule has 0 spiro atoms. The molecule has 1 aromatic rings. The zero-order chi connectivity index (χ0) is 11.4. The van der Waals surface area contributed by atoms with Crippen LogP contribution in [0.4, 0.5) is 0 Å². The van der Waals surface area contributed by atoms with E-state index in [0.717, 1.165) is 10.0 Å². The van der Waals surface area contributed by atoms with Gasteiger partial charge in [0, 0.05) is 9.50 Å². The van der Waals surface area contributed by atoms with Gasteiger partial charge in [0.05, 0.1) is 6.61 Å². The lowest BCUT2D eigenvalue weighted by atomic mass is 10.2. The number of rotatable bonds is 4. The predicted molar refractivity (Wildman–Crippen MR) is 61.0 cm³/mol. The van der Waals surface area contributed by atoms with Crippen molar-refractivity contribution < 1.29 is 14.6 Å². The van der Waals surface area contributed by atoms with E-state index < -0.39 is 12.1 Å². The number of carbonyl (C=O) groups is 1. The minimum Gasteiger partial charge on any atom is -0.479 e. The van der Waals surface area contributed by atoms with Gasteiger partial charge in [0.1, 0.15) is 0 Å². The molecular weight excluding hydrogens is 283 g/mol. The van der Waals surface area contributed by atoms with E-state index in [1.165, 1.54) is 6.92 Å². The van der Waals surface area contributed by atoms with Crippen LogP contribution >= 0.6 is 27.5 Å². The minimum absolute atomic E-state index is 0.194. The number of hydrogen-bond donors (Lipinski definition) is 1. The summed E-state index contributed by atoms with van der Waals surface area (Å²) in [5.74, 6) is -0.983. The summed E-state index contributed by atoms with van der Waals surface area (Å²) >= 11 is 9.22. The first-order valence-electron chi connectivity index (χ1n) is 4.29. The van der Waals surface area contributed by atoms with E-state index in [0.29, 0.717) is 5.02 Å². The molecule has 0 aliphatic rings. The van der Waals surface area contributed by atoms with Gasteiger partial charge >= 0.3 is 5.97 Å². The van der Waals surface area contributed by atoms with Crippen molar-refractivity contribution >= 4 is 33.5 Å². The van der Waals surface area contributed by atoms with Gasteiger partial charge < -0.3 is 9.84 Å². The Morgan fingerprint density at radius 2 is 2.33 bits per heavy atom. The summed E-state index contributed by atoms with van der Waals surface area (Å²) in [6.07, 6.45) is -0.829. The third-order valence-electron chi connectivity index (χ3n) is 1.85. The Hall–Kier alpha value is -0.580. The van der Waals surface area contributed by atoms with Gasteiger partial charge in [0.25, 0.3) is 0 Å². The number of halogens is 2. The Morgan fingerprint density at radius 3 is 2.87 bits per heavy atom. The fourth-order valence-corrected chi connectivity index (χ4v) is 1.65. The fourth-order valence-electron chi connectivity index (χ4n) is 0.925. The lowest BCUT2D eigenvalue weighted by molar-refractivity contribution is -0.149. The van der Waals surface area contributed by atoms with Crippen LogP contribution in [0.5, 0.6) is 0 Å². The Kier molecular flexibility index (Phi) is 4.57. The molecule has 1 rings (SSSR count). The second kappa shape index (κ2) is 5.49. The Labute approximate surface area is 101 Å². The molecule has 0 fully saturated rings. The van der Waals surface area contributed by atoms with Crippen LogP contribution in [-0.4, -0.2) is 17.2 Å². The first-order valence-corrected chi connectivity index (χ1v) is 5.46. The number of aliphatic carboxylic acids is 1. The third kappa shape index (κ3) is 3.81. The van der Waals surface area contributed by atoms with Crippen molar-refractivity contribution in [3.05, 3.63) is 33.3 Å². The molecule has 0 aliphatic heterocycles. The van der Waals surface area contributed by atoms with E-state index in [2.05, 4.69) is 15.9 Å². The summed E-state index contributed by atoms with van der Waals surface area (Å²) in [5.41, 5.74) is 0.771. The summed E-state index contributed by atoms with van der Waals surface area (Å²) in [6.45, 7) is 1.68. The Balaban J connectivity index is 2.62. The highest BCUT2D eigenvalue weighted by Crippen LogP contribution is 2.22. The molecule has 0 amide bonds. The average molecular weight is 294 g/mol. The molecule has 1 aromatic carbocycles. The largest absolute Gasteiger partial charge is 0.479 e. The van der Waals surface area contributed by atoms with Gasteiger partial charge in [-0.3, -0.25) is 0 Å². The van der Waals surface area contributed by atoms with Crippen LogP contribution in [0, 0.1) is 0 Å². The van der Waals surface area contributed by atoms with Crippen LogP contribution in [0.3, 0.4) is 0 Å². The molecule has 0 radical (unpaired) electrons. The predicted octanol–water partition coefficient (Wildman–Crippen LogP) is 3.09. The van der Waals surface area contributed by atoms with E-state index >= 15 is 0 Å². The van der Waals surface area contributed by atoms with Crippen molar-refractivity contribution in [3.63, 3.8) is 0 Å². The number of carboxylic acid groups (broad SMARTS) is 1. The Bertz CT molecular complexity index is 368. The first kappa shape index (κ1) is 12.5. The molecule has 0 saturated heterocycles. The highest BCUT2D eigenvalue weighted by atomic mass is 79.9. The van der Waals surface area contributed by atoms with Gasteiger partial charge in [-0.15, -0.1) is 0 Å². The number of carboxylic acids is 1. The van der Waals surface area contributed by atoms with Crippen LogP contribution in [0.2, 0.25) is 5.02 Å². The molecular formula is C10H10BrClO3. The highest BCUT2D eigenvalue weighted by Gasteiger charge is 2.11. The van der Waals surface area contributed by atoms with E-state index in [4.69, 9.17) is 21.4 Å². The van der Waals surface area contributed by atoms with E-state index in [1.54, 1.807) is 12.1 Å². The number of benzene rings is 1. The van der Waals surface area contributed by atoms with Crippen LogP contribution in [-0.2, 0) is 16.1 Å². The van der Waals surface area contributed by atoms with Gasteiger partial charge in [-0.05, 0) is 24.6 Å². The SMILES string of the molecule is CC(OCc1ccc(Br)cc1Cl)C(=O)O. The van der Waals surface area contributed by atoms with Crippen molar-refractivity contribution in [2.45, 2.75) is 19.6 Å². The molecule has 0 aliphatic carbocycles. The molecule has 0 saturated carbocycles. The zero-order valence-electron chi connectivity index (χ0n) is 8.04. The second-order valence-corrected chi connectivity index (χ2v) is 4.35.